The first-order valence-electron chi connectivity index (χ1n) is 7.52. The van der Waals surface area contributed by atoms with Gasteiger partial charge in [-0.3, -0.25) is 4.79 Å². The van der Waals surface area contributed by atoms with E-state index in [9.17, 15) is 4.79 Å². The van der Waals surface area contributed by atoms with E-state index in [1.54, 1.807) is 0 Å². The first-order chi connectivity index (χ1) is 10.5. The number of carbonyl (C=O) groups is 1. The van der Waals surface area contributed by atoms with Crippen molar-refractivity contribution in [3.8, 4) is 0 Å². The largest absolute Gasteiger partial charge is 0.376 e. The van der Waals surface area contributed by atoms with Crippen molar-refractivity contribution in [1.29, 1.82) is 0 Å². The van der Waals surface area contributed by atoms with Crippen molar-refractivity contribution in [1.82, 2.24) is 5.43 Å². The third kappa shape index (κ3) is 4.81. The van der Waals surface area contributed by atoms with Gasteiger partial charge in [0.25, 0.3) is 5.91 Å². The Morgan fingerprint density at radius 2 is 2.00 bits per heavy atom. The standard InChI is InChI=1S/C16H21Br2N3O/c1-10-5-3-4-6-15(10)20-21-16(22)9-19-12-7-13(17)11(2)14(18)8-12/h7-8,10,19H,3-6,9H2,1-2H3,(H,21,22)/b20-15+/t10-/m0/s1. The van der Waals surface area contributed by atoms with Gasteiger partial charge in [0.1, 0.15) is 0 Å². The van der Waals surface area contributed by atoms with Gasteiger partial charge in [0.2, 0.25) is 0 Å². The van der Waals surface area contributed by atoms with Crippen molar-refractivity contribution in [2.24, 2.45) is 11.0 Å². The third-order valence-corrected chi connectivity index (χ3v) is 5.59. The highest BCUT2D eigenvalue weighted by Gasteiger charge is 2.16. The summed E-state index contributed by atoms with van der Waals surface area (Å²) >= 11 is 7.00. The lowest BCUT2D eigenvalue weighted by Gasteiger charge is -2.19. The van der Waals surface area contributed by atoms with Gasteiger partial charge < -0.3 is 5.32 Å². The van der Waals surface area contributed by atoms with E-state index in [0.29, 0.717) is 5.92 Å². The molecule has 4 nitrogen and oxygen atoms in total. The quantitative estimate of drug-likeness (QED) is 0.685. The van der Waals surface area contributed by atoms with Crippen LogP contribution in [-0.4, -0.2) is 18.2 Å². The maximum absolute atomic E-state index is 11.9. The van der Waals surface area contributed by atoms with Crippen molar-refractivity contribution >= 4 is 49.2 Å². The molecule has 0 heterocycles. The van der Waals surface area contributed by atoms with Crippen LogP contribution in [0.15, 0.2) is 26.2 Å². The van der Waals surface area contributed by atoms with Gasteiger partial charge >= 0.3 is 0 Å². The molecule has 1 aromatic rings. The highest BCUT2D eigenvalue weighted by atomic mass is 79.9. The van der Waals surface area contributed by atoms with Crippen molar-refractivity contribution in [3.05, 3.63) is 26.6 Å². The number of amides is 1. The molecular formula is C16H21Br2N3O. The second kappa shape index (κ2) is 8.11. The minimum absolute atomic E-state index is 0.127. The van der Waals surface area contributed by atoms with Gasteiger partial charge in [-0.1, -0.05) is 45.2 Å². The van der Waals surface area contributed by atoms with Gasteiger partial charge in [-0.15, -0.1) is 0 Å². The normalized spacial score (nSPS) is 20.0. The lowest BCUT2D eigenvalue weighted by atomic mass is 9.89. The third-order valence-electron chi connectivity index (χ3n) is 3.95. The fourth-order valence-electron chi connectivity index (χ4n) is 2.44. The van der Waals surface area contributed by atoms with Crippen LogP contribution in [0.1, 0.15) is 38.2 Å². The molecular weight excluding hydrogens is 410 g/mol. The Kier molecular flexibility index (Phi) is 6.44. The molecule has 1 aliphatic carbocycles. The molecule has 6 heteroatoms. The molecule has 1 amide bonds. The molecule has 0 unspecified atom stereocenters. The molecule has 120 valence electrons. The van der Waals surface area contributed by atoms with E-state index in [2.05, 4.69) is 54.6 Å². The summed E-state index contributed by atoms with van der Waals surface area (Å²) in [7, 11) is 0. The molecule has 0 aliphatic heterocycles. The van der Waals surface area contributed by atoms with E-state index in [1.807, 2.05) is 19.1 Å². The van der Waals surface area contributed by atoms with Gasteiger partial charge in [0, 0.05) is 20.3 Å². The zero-order valence-corrected chi connectivity index (χ0v) is 16.1. The number of halogens is 2. The van der Waals surface area contributed by atoms with Crippen LogP contribution in [0.4, 0.5) is 5.69 Å². The van der Waals surface area contributed by atoms with Crippen LogP contribution in [0.25, 0.3) is 0 Å². The Bertz CT molecular complexity index is 564. The summed E-state index contributed by atoms with van der Waals surface area (Å²) in [6.07, 6.45) is 4.58. The fourth-order valence-corrected chi connectivity index (χ4v) is 3.63. The molecule has 0 bridgehead atoms. The molecule has 2 rings (SSSR count). The minimum Gasteiger partial charge on any atom is -0.376 e. The van der Waals surface area contributed by atoms with Crippen LogP contribution in [0.3, 0.4) is 0 Å². The second-order valence-corrected chi connectivity index (χ2v) is 7.41. The van der Waals surface area contributed by atoms with Crippen LogP contribution in [0, 0.1) is 12.8 Å². The van der Waals surface area contributed by atoms with Crippen LogP contribution in [-0.2, 0) is 4.79 Å². The number of hydrazone groups is 1. The van der Waals surface area contributed by atoms with Crippen LogP contribution >= 0.6 is 31.9 Å². The van der Waals surface area contributed by atoms with Gasteiger partial charge in [0.05, 0.1) is 6.54 Å². The Balaban J connectivity index is 1.86. The van der Waals surface area contributed by atoms with E-state index in [4.69, 9.17) is 0 Å². The molecule has 22 heavy (non-hydrogen) atoms. The summed E-state index contributed by atoms with van der Waals surface area (Å²) in [6, 6.07) is 3.92. The van der Waals surface area contributed by atoms with E-state index >= 15 is 0 Å². The van der Waals surface area contributed by atoms with Crippen molar-refractivity contribution in [2.45, 2.75) is 39.5 Å². The summed E-state index contributed by atoms with van der Waals surface area (Å²) in [5, 5.41) is 7.40. The van der Waals surface area contributed by atoms with Gasteiger partial charge in [-0.25, -0.2) is 5.43 Å². The Labute approximate surface area is 148 Å². The highest BCUT2D eigenvalue weighted by molar-refractivity contribution is 9.11. The first-order valence-corrected chi connectivity index (χ1v) is 9.10. The topological polar surface area (TPSA) is 53.5 Å². The molecule has 1 fully saturated rings. The first kappa shape index (κ1) is 17.5. The maximum atomic E-state index is 11.9. The molecule has 0 aromatic heterocycles. The molecule has 1 atom stereocenters. The van der Waals surface area contributed by atoms with E-state index in [1.165, 1.54) is 19.3 Å². The van der Waals surface area contributed by atoms with Crippen molar-refractivity contribution in [2.75, 3.05) is 11.9 Å². The summed E-state index contributed by atoms with van der Waals surface area (Å²) in [4.78, 5) is 11.9. The average Bonchev–Trinajstić information content (AvgIpc) is 2.49. The van der Waals surface area contributed by atoms with Crippen molar-refractivity contribution in [3.63, 3.8) is 0 Å². The van der Waals surface area contributed by atoms with Gasteiger partial charge in [-0.05, 0) is 49.8 Å². The van der Waals surface area contributed by atoms with Crippen LogP contribution in [0.5, 0.6) is 0 Å². The van der Waals surface area contributed by atoms with Crippen LogP contribution in [0.2, 0.25) is 0 Å². The summed E-state index contributed by atoms with van der Waals surface area (Å²) in [5.74, 6) is 0.351. The molecule has 2 N–H and O–H groups in total. The van der Waals surface area contributed by atoms with E-state index in [0.717, 1.165) is 32.3 Å². The molecule has 0 radical (unpaired) electrons. The van der Waals surface area contributed by atoms with Crippen molar-refractivity contribution < 1.29 is 4.79 Å². The lowest BCUT2D eigenvalue weighted by molar-refractivity contribution is -0.119. The van der Waals surface area contributed by atoms with E-state index < -0.39 is 0 Å². The smallest absolute Gasteiger partial charge is 0.259 e. The molecule has 0 saturated heterocycles. The van der Waals surface area contributed by atoms with Gasteiger partial charge in [-0.2, -0.15) is 5.10 Å². The predicted molar refractivity (Wildman–Crippen MR) is 98.3 cm³/mol. The lowest BCUT2D eigenvalue weighted by Crippen LogP contribution is -2.28. The number of benzene rings is 1. The van der Waals surface area contributed by atoms with E-state index in [-0.39, 0.29) is 12.5 Å². The molecule has 1 aromatic carbocycles. The molecule has 1 aliphatic rings. The zero-order chi connectivity index (χ0) is 16.1. The fraction of sp³-hybridized carbons (Fsp3) is 0.500. The number of nitrogens with zero attached hydrogens (tertiary/aromatic N) is 1. The number of carbonyl (C=O) groups excluding carboxylic acids is 1. The van der Waals surface area contributed by atoms with Crippen LogP contribution < -0.4 is 10.7 Å². The monoisotopic (exact) mass is 429 g/mol. The number of hydrogen-bond acceptors (Lipinski definition) is 3. The maximum Gasteiger partial charge on any atom is 0.259 e. The predicted octanol–water partition coefficient (Wildman–Crippen LogP) is 4.61. The Hall–Kier alpha value is -0.880. The number of rotatable bonds is 4. The number of anilines is 1. The SMILES string of the molecule is Cc1c(Br)cc(NCC(=O)N/N=C2\CCCC[C@@H]2C)cc1Br. The number of nitrogens with one attached hydrogen (secondary N) is 2. The number of hydrogen-bond donors (Lipinski definition) is 2. The second-order valence-electron chi connectivity index (χ2n) is 5.70. The summed E-state index contributed by atoms with van der Waals surface area (Å²) in [5.41, 5.74) is 5.79. The molecule has 0 spiro atoms. The summed E-state index contributed by atoms with van der Waals surface area (Å²) < 4.78 is 2.00. The summed E-state index contributed by atoms with van der Waals surface area (Å²) in [6.45, 7) is 4.39. The average molecular weight is 431 g/mol. The Morgan fingerprint density at radius 3 is 2.64 bits per heavy atom. The highest BCUT2D eigenvalue weighted by Crippen LogP contribution is 2.28. The zero-order valence-electron chi connectivity index (χ0n) is 12.9. The minimum atomic E-state index is -0.127. The molecule has 1 saturated carbocycles. The Morgan fingerprint density at radius 1 is 1.32 bits per heavy atom. The van der Waals surface area contributed by atoms with Gasteiger partial charge in [0.15, 0.2) is 0 Å².